The van der Waals surface area contributed by atoms with Gasteiger partial charge in [-0.2, -0.15) is 0 Å². The van der Waals surface area contributed by atoms with Crippen LogP contribution in [0.15, 0.2) is 67.1 Å². The van der Waals surface area contributed by atoms with Crippen molar-refractivity contribution in [3.63, 3.8) is 0 Å². The van der Waals surface area contributed by atoms with Crippen LogP contribution < -0.4 is 4.74 Å². The maximum Gasteiger partial charge on any atom is 0.246 e. The van der Waals surface area contributed by atoms with E-state index >= 15 is 0 Å². The average molecular weight is 418 g/mol. The van der Waals surface area contributed by atoms with Crippen LogP contribution >= 0.6 is 0 Å². The molecule has 1 aliphatic heterocycles. The summed E-state index contributed by atoms with van der Waals surface area (Å²) in [5, 5.41) is 9.81. The first-order valence-electron chi connectivity index (χ1n) is 10.4. The van der Waals surface area contributed by atoms with Crippen molar-refractivity contribution in [2.75, 3.05) is 26.8 Å². The molecule has 2 aromatic carbocycles. The van der Waals surface area contributed by atoms with Gasteiger partial charge in [-0.05, 0) is 36.3 Å². The number of aliphatic hydroxyl groups excluding tert-OH is 1. The van der Waals surface area contributed by atoms with E-state index in [1.165, 1.54) is 0 Å². The maximum atomic E-state index is 12.8. The molecular formula is C25H27N3O3. The van der Waals surface area contributed by atoms with E-state index in [-0.39, 0.29) is 24.3 Å². The normalized spacial score (nSPS) is 18.6. The largest absolute Gasteiger partial charge is 0.495 e. The number of methoxy groups -OCH3 is 1. The van der Waals surface area contributed by atoms with Crippen molar-refractivity contribution >= 4 is 12.0 Å². The van der Waals surface area contributed by atoms with Crippen molar-refractivity contribution in [2.45, 2.75) is 12.8 Å². The second-order valence-corrected chi connectivity index (χ2v) is 7.89. The number of likely N-dealkylation sites (tertiary alicyclic amines) is 1. The zero-order valence-corrected chi connectivity index (χ0v) is 17.8. The van der Waals surface area contributed by atoms with E-state index in [1.807, 2.05) is 59.0 Å². The van der Waals surface area contributed by atoms with Crippen molar-refractivity contribution in [1.82, 2.24) is 14.5 Å². The van der Waals surface area contributed by atoms with Gasteiger partial charge in [0.2, 0.25) is 5.91 Å². The maximum absolute atomic E-state index is 12.8. The Hall–Kier alpha value is -3.38. The van der Waals surface area contributed by atoms with Gasteiger partial charge in [-0.1, -0.05) is 36.4 Å². The zero-order valence-electron chi connectivity index (χ0n) is 17.8. The molecule has 2 heterocycles. The van der Waals surface area contributed by atoms with Gasteiger partial charge < -0.3 is 19.3 Å². The fraction of sp³-hybridized carbons (Fsp3) is 0.280. The summed E-state index contributed by atoms with van der Waals surface area (Å²) in [6.07, 6.45) is 7.08. The number of nitrogens with zero attached hydrogens (tertiary/aromatic N) is 3. The molecule has 6 heteroatoms. The minimum Gasteiger partial charge on any atom is -0.495 e. The molecule has 1 N–H and O–H groups in total. The molecule has 0 unspecified atom stereocenters. The average Bonchev–Trinajstić information content (AvgIpc) is 3.44. The van der Waals surface area contributed by atoms with Gasteiger partial charge >= 0.3 is 0 Å². The summed E-state index contributed by atoms with van der Waals surface area (Å²) >= 11 is 0. The predicted octanol–water partition coefficient (Wildman–Crippen LogP) is 3.44. The van der Waals surface area contributed by atoms with Crippen LogP contribution in [0.5, 0.6) is 5.75 Å². The molecule has 4 rings (SSSR count). The third kappa shape index (κ3) is 4.54. The topological polar surface area (TPSA) is 67.6 Å². The van der Waals surface area contributed by atoms with E-state index in [2.05, 4.69) is 17.1 Å². The van der Waals surface area contributed by atoms with Crippen LogP contribution in [-0.4, -0.2) is 52.3 Å². The smallest absolute Gasteiger partial charge is 0.246 e. The summed E-state index contributed by atoms with van der Waals surface area (Å²) in [6.45, 7) is 3.18. The molecule has 3 aromatic rings. The number of imidazole rings is 1. The molecule has 0 bridgehead atoms. The predicted molar refractivity (Wildman–Crippen MR) is 120 cm³/mol. The Morgan fingerprint density at radius 2 is 2.03 bits per heavy atom. The van der Waals surface area contributed by atoms with E-state index in [0.29, 0.717) is 18.8 Å². The first-order valence-corrected chi connectivity index (χ1v) is 10.4. The highest BCUT2D eigenvalue weighted by atomic mass is 16.5. The number of rotatable bonds is 6. The van der Waals surface area contributed by atoms with Crippen molar-refractivity contribution in [3.05, 3.63) is 84.0 Å². The number of amides is 1. The standard InChI is InChI=1S/C25H27N3O3/c1-18-13-28(17-26-18)23-10-8-19(12-24(23)31-2)9-11-25(30)27-14-21(16-29)22(15-27)20-6-4-3-5-7-20/h3-13,17,21-22,29H,14-16H2,1-2H3/b11-9+/t21-,22-/m0/s1. The van der Waals surface area contributed by atoms with Gasteiger partial charge in [-0.25, -0.2) is 4.98 Å². The van der Waals surface area contributed by atoms with Crippen LogP contribution in [0.3, 0.4) is 0 Å². The van der Waals surface area contributed by atoms with Gasteiger partial charge in [-0.3, -0.25) is 4.79 Å². The second kappa shape index (κ2) is 9.18. The van der Waals surface area contributed by atoms with Crippen LogP contribution in [0.2, 0.25) is 0 Å². The molecule has 1 amide bonds. The molecular weight excluding hydrogens is 390 g/mol. The molecule has 1 saturated heterocycles. The molecule has 0 radical (unpaired) electrons. The Balaban J connectivity index is 1.48. The highest BCUT2D eigenvalue weighted by Gasteiger charge is 2.34. The molecule has 1 fully saturated rings. The van der Waals surface area contributed by atoms with Crippen LogP contribution in [0.1, 0.15) is 22.7 Å². The Labute approximate surface area is 182 Å². The third-order valence-electron chi connectivity index (χ3n) is 5.83. The first-order chi connectivity index (χ1) is 15.1. The number of aromatic nitrogens is 2. The lowest BCUT2D eigenvalue weighted by atomic mass is 9.90. The lowest BCUT2D eigenvalue weighted by Crippen LogP contribution is -2.27. The molecule has 31 heavy (non-hydrogen) atoms. The Morgan fingerprint density at radius 3 is 2.71 bits per heavy atom. The highest BCUT2D eigenvalue weighted by molar-refractivity contribution is 5.92. The molecule has 2 atom stereocenters. The fourth-order valence-electron chi connectivity index (χ4n) is 4.15. The number of carbonyl (C=O) groups excluding carboxylic acids is 1. The van der Waals surface area contributed by atoms with Gasteiger partial charge in [0.1, 0.15) is 5.75 Å². The SMILES string of the molecule is COc1cc(/C=C/C(=O)N2C[C@@H](CO)[C@H](c3ccccc3)C2)ccc1-n1cnc(C)c1. The van der Waals surface area contributed by atoms with Crippen LogP contribution in [0.4, 0.5) is 0 Å². The van der Waals surface area contributed by atoms with E-state index in [0.717, 1.165) is 22.5 Å². The molecule has 160 valence electrons. The second-order valence-electron chi connectivity index (χ2n) is 7.89. The van der Waals surface area contributed by atoms with E-state index in [4.69, 9.17) is 4.74 Å². The van der Waals surface area contributed by atoms with E-state index in [9.17, 15) is 9.90 Å². The molecule has 0 aliphatic carbocycles. The third-order valence-corrected chi connectivity index (χ3v) is 5.83. The summed E-state index contributed by atoms with van der Waals surface area (Å²) < 4.78 is 7.45. The summed E-state index contributed by atoms with van der Waals surface area (Å²) in [4.78, 5) is 18.9. The van der Waals surface area contributed by atoms with Crippen LogP contribution in [0.25, 0.3) is 11.8 Å². The zero-order chi connectivity index (χ0) is 21.8. The van der Waals surface area contributed by atoms with E-state index in [1.54, 1.807) is 25.6 Å². The molecule has 0 saturated carbocycles. The molecule has 0 spiro atoms. The molecule has 6 nitrogen and oxygen atoms in total. The van der Waals surface area contributed by atoms with Crippen molar-refractivity contribution in [3.8, 4) is 11.4 Å². The monoisotopic (exact) mass is 417 g/mol. The number of carbonyl (C=O) groups is 1. The number of aryl methyl sites for hydroxylation is 1. The number of aliphatic hydroxyl groups is 1. The molecule has 1 aliphatic rings. The van der Waals surface area contributed by atoms with Gasteiger partial charge in [-0.15, -0.1) is 0 Å². The van der Waals surface area contributed by atoms with Gasteiger partial charge in [0.25, 0.3) is 0 Å². The summed E-state index contributed by atoms with van der Waals surface area (Å²) in [7, 11) is 1.63. The number of benzene rings is 2. The molecule has 1 aromatic heterocycles. The quantitative estimate of drug-likeness (QED) is 0.624. The summed E-state index contributed by atoms with van der Waals surface area (Å²) in [6, 6.07) is 15.9. The Bertz CT molecular complexity index is 1070. The number of ether oxygens (including phenoxy) is 1. The Kier molecular flexibility index (Phi) is 6.18. The van der Waals surface area contributed by atoms with Crippen molar-refractivity contribution in [1.29, 1.82) is 0 Å². The summed E-state index contributed by atoms with van der Waals surface area (Å²) in [5.41, 5.74) is 3.86. The van der Waals surface area contributed by atoms with Crippen molar-refractivity contribution < 1.29 is 14.6 Å². The number of hydrogen-bond acceptors (Lipinski definition) is 4. The highest BCUT2D eigenvalue weighted by Crippen LogP contribution is 2.32. The number of hydrogen-bond donors (Lipinski definition) is 1. The lowest BCUT2D eigenvalue weighted by molar-refractivity contribution is -0.125. The summed E-state index contributed by atoms with van der Waals surface area (Å²) in [5.74, 6) is 0.863. The van der Waals surface area contributed by atoms with Gasteiger partial charge in [0.05, 0.1) is 24.8 Å². The minimum atomic E-state index is -0.0508. The van der Waals surface area contributed by atoms with Gasteiger partial charge in [0, 0.05) is 43.8 Å². The van der Waals surface area contributed by atoms with Crippen LogP contribution in [0, 0.1) is 12.8 Å². The van der Waals surface area contributed by atoms with Crippen molar-refractivity contribution in [2.24, 2.45) is 5.92 Å². The minimum absolute atomic E-state index is 0.0508. The first kappa shape index (κ1) is 20.9. The Morgan fingerprint density at radius 1 is 1.23 bits per heavy atom. The fourth-order valence-corrected chi connectivity index (χ4v) is 4.15. The van der Waals surface area contributed by atoms with Gasteiger partial charge in [0.15, 0.2) is 0 Å². The lowest BCUT2D eigenvalue weighted by Gasteiger charge is -2.15. The van der Waals surface area contributed by atoms with Crippen LogP contribution in [-0.2, 0) is 4.79 Å². The van der Waals surface area contributed by atoms with E-state index < -0.39 is 0 Å².